The highest BCUT2D eigenvalue weighted by Gasteiger charge is 2.55. The highest BCUT2D eigenvalue weighted by Crippen LogP contribution is 2.50. The third-order valence-electron chi connectivity index (χ3n) is 9.70. The van der Waals surface area contributed by atoms with Crippen LogP contribution in [0.3, 0.4) is 0 Å². The van der Waals surface area contributed by atoms with Gasteiger partial charge < -0.3 is 29.8 Å². The molecule has 1 N–H and O–H groups in total. The zero-order valence-electron chi connectivity index (χ0n) is 25.9. The number of methoxy groups -OCH3 is 3. The van der Waals surface area contributed by atoms with E-state index in [0.717, 1.165) is 17.7 Å². The molecule has 0 spiro atoms. The highest BCUT2D eigenvalue weighted by molar-refractivity contribution is 6.42. The molecular formula is C34H38Cl2N3O6-. The summed E-state index contributed by atoms with van der Waals surface area (Å²) in [6, 6.07) is 18.2. The predicted molar refractivity (Wildman–Crippen MR) is 175 cm³/mol. The number of carbonyl (C=O) groups is 2. The molecule has 2 fully saturated rings. The summed E-state index contributed by atoms with van der Waals surface area (Å²) >= 11 is 13.0. The molecule has 2 saturated heterocycles. The summed E-state index contributed by atoms with van der Waals surface area (Å²) < 4.78 is 16.5. The Labute approximate surface area is 273 Å². The normalized spacial score (nSPS) is 23.4. The third-order valence-corrected chi connectivity index (χ3v) is 10.4. The Kier molecular flexibility index (Phi) is 9.84. The van der Waals surface area contributed by atoms with Crippen LogP contribution in [0.25, 0.3) is 0 Å². The van der Waals surface area contributed by atoms with Gasteiger partial charge in [0, 0.05) is 30.1 Å². The van der Waals surface area contributed by atoms with E-state index in [0.29, 0.717) is 71.8 Å². The number of ether oxygens (including phenoxy) is 3. The van der Waals surface area contributed by atoms with Crippen LogP contribution >= 0.6 is 23.2 Å². The second-order valence-electron chi connectivity index (χ2n) is 11.7. The van der Waals surface area contributed by atoms with Crippen molar-refractivity contribution in [3.05, 3.63) is 92.6 Å². The van der Waals surface area contributed by atoms with Crippen molar-refractivity contribution in [2.75, 3.05) is 47.5 Å². The number of likely N-dealkylation sites (N-methyl/N-ethyl adjacent to an activating group) is 1. The van der Waals surface area contributed by atoms with Gasteiger partial charge in [0.25, 0.3) is 5.91 Å². The maximum absolute atomic E-state index is 14.2. The molecule has 240 valence electrons. The van der Waals surface area contributed by atoms with Crippen LogP contribution in [-0.2, 0) is 15.6 Å². The van der Waals surface area contributed by atoms with E-state index in [4.69, 9.17) is 37.4 Å². The number of carbonyl (C=O) groups excluding carboxylic acids is 2. The summed E-state index contributed by atoms with van der Waals surface area (Å²) in [5.41, 5.74) is 2.16. The van der Waals surface area contributed by atoms with Crippen molar-refractivity contribution in [1.29, 1.82) is 0 Å². The van der Waals surface area contributed by atoms with Gasteiger partial charge in [-0.3, -0.25) is 14.5 Å². The van der Waals surface area contributed by atoms with Crippen molar-refractivity contribution >= 4 is 35.0 Å². The van der Waals surface area contributed by atoms with E-state index >= 15 is 0 Å². The first-order chi connectivity index (χ1) is 21.7. The molecule has 3 atom stereocenters. The van der Waals surface area contributed by atoms with Crippen molar-refractivity contribution in [3.8, 4) is 17.2 Å². The number of piperidine rings is 1. The Morgan fingerprint density at radius 2 is 1.60 bits per heavy atom. The number of likely N-dealkylation sites (tertiary alicyclic amines) is 2. The van der Waals surface area contributed by atoms with Gasteiger partial charge in [0.2, 0.25) is 11.7 Å². The van der Waals surface area contributed by atoms with E-state index in [9.17, 15) is 14.8 Å². The Bertz CT molecular complexity index is 1530. The van der Waals surface area contributed by atoms with Crippen molar-refractivity contribution < 1.29 is 23.8 Å². The molecule has 0 bridgehead atoms. The average Bonchev–Trinajstić information content (AvgIpc) is 3.54. The number of halogens is 2. The summed E-state index contributed by atoms with van der Waals surface area (Å²) in [7, 11) is 4.53. The largest absolute Gasteiger partial charge is 0.759 e. The molecule has 3 unspecified atom stereocenters. The molecule has 11 heteroatoms. The second kappa shape index (κ2) is 13.5. The number of rotatable bonds is 9. The number of amides is 2. The Morgan fingerprint density at radius 3 is 2.18 bits per heavy atom. The van der Waals surface area contributed by atoms with Crippen LogP contribution in [0, 0.1) is 5.21 Å². The second-order valence-corrected chi connectivity index (χ2v) is 12.5. The van der Waals surface area contributed by atoms with Gasteiger partial charge in [-0.2, -0.15) is 0 Å². The lowest BCUT2D eigenvalue weighted by Gasteiger charge is -2.53. The number of benzene rings is 3. The van der Waals surface area contributed by atoms with Gasteiger partial charge in [-0.15, -0.1) is 0 Å². The first-order valence-corrected chi connectivity index (χ1v) is 15.7. The maximum atomic E-state index is 14.2. The predicted octanol–water partition coefficient (Wildman–Crippen LogP) is 5.84. The minimum atomic E-state index is -1.04. The van der Waals surface area contributed by atoms with Gasteiger partial charge >= 0.3 is 0 Å². The number of hydroxylamine groups is 1. The number of nitrogens with one attached hydrogen (secondary N) is 1. The van der Waals surface area contributed by atoms with Crippen molar-refractivity contribution in [3.63, 3.8) is 0 Å². The fourth-order valence-electron chi connectivity index (χ4n) is 7.33. The minimum Gasteiger partial charge on any atom is -0.759 e. The maximum Gasteiger partial charge on any atom is 0.254 e. The van der Waals surface area contributed by atoms with Crippen molar-refractivity contribution in [2.45, 2.75) is 43.1 Å². The zero-order chi connectivity index (χ0) is 32.4. The van der Waals surface area contributed by atoms with Gasteiger partial charge in [-0.25, -0.2) is 0 Å². The Morgan fingerprint density at radius 1 is 0.911 bits per heavy atom. The molecule has 0 radical (unpaired) electrons. The SMILES string of the molecule is CCN1CCC(C(=O)N[O-])(c2ccccc2)CC1C1(c2ccc(Cl)c(Cl)c2)CCN(C(=O)c2cc(OC)c(OC)c(OC)c2)C1. The van der Waals surface area contributed by atoms with Crippen LogP contribution < -0.4 is 19.7 Å². The first-order valence-electron chi connectivity index (χ1n) is 14.9. The zero-order valence-corrected chi connectivity index (χ0v) is 27.4. The number of hydrogen-bond acceptors (Lipinski definition) is 7. The van der Waals surface area contributed by atoms with Gasteiger partial charge in [-0.1, -0.05) is 66.5 Å². The third kappa shape index (κ3) is 5.83. The lowest BCUT2D eigenvalue weighted by molar-refractivity contribution is -0.129. The fourth-order valence-corrected chi connectivity index (χ4v) is 7.63. The summed E-state index contributed by atoms with van der Waals surface area (Å²) in [4.78, 5) is 31.9. The molecule has 5 rings (SSSR count). The summed E-state index contributed by atoms with van der Waals surface area (Å²) in [5, 5.41) is 12.9. The minimum absolute atomic E-state index is 0.193. The fraction of sp³-hybridized carbons (Fsp3) is 0.412. The molecule has 2 heterocycles. The standard InChI is InChI=1S/C34H38Cl2N3O6/c1-5-38-15-13-33(32(41)37-42,23-9-7-6-8-10-23)20-29(38)34(24-11-12-25(35)26(36)19-24)14-16-39(21-34)31(40)22-17-27(43-2)30(45-4)28(18-22)44-3/h6-12,17-19,29H,5,13-16,20-21H2,1-4H3,(H-,37,41,42)/q-1. The van der Waals surface area contributed by atoms with Gasteiger partial charge in [0.1, 0.15) is 0 Å². The molecule has 2 aliphatic heterocycles. The van der Waals surface area contributed by atoms with Crippen LogP contribution in [0.15, 0.2) is 60.7 Å². The van der Waals surface area contributed by atoms with Gasteiger partial charge in [0.15, 0.2) is 11.5 Å². The molecule has 2 amide bonds. The van der Waals surface area contributed by atoms with Gasteiger partial charge in [0.05, 0.1) is 36.8 Å². The molecule has 3 aromatic rings. The smallest absolute Gasteiger partial charge is 0.254 e. The lowest BCUT2D eigenvalue weighted by atomic mass is 9.61. The van der Waals surface area contributed by atoms with E-state index < -0.39 is 16.7 Å². The Hall–Kier alpha value is -3.50. The summed E-state index contributed by atoms with van der Waals surface area (Å²) in [6.07, 6.45) is 1.47. The topological polar surface area (TPSA) is 103 Å². The van der Waals surface area contributed by atoms with Crippen molar-refractivity contribution in [2.24, 2.45) is 0 Å². The van der Waals surface area contributed by atoms with Crippen LogP contribution in [0.2, 0.25) is 10.0 Å². The van der Waals surface area contributed by atoms with Crippen LogP contribution in [-0.4, -0.2) is 75.2 Å². The summed E-state index contributed by atoms with van der Waals surface area (Å²) in [5.74, 6) is 0.424. The van der Waals surface area contributed by atoms with E-state index in [-0.39, 0.29) is 11.9 Å². The number of nitrogens with zero attached hydrogens (tertiary/aromatic N) is 2. The quantitative estimate of drug-likeness (QED) is 0.289. The molecule has 2 aliphatic rings. The number of hydrogen-bond donors (Lipinski definition) is 1. The molecule has 9 nitrogen and oxygen atoms in total. The average molecular weight is 656 g/mol. The molecular weight excluding hydrogens is 617 g/mol. The van der Waals surface area contributed by atoms with Gasteiger partial charge in [-0.05, 0) is 67.7 Å². The van der Waals surface area contributed by atoms with E-state index in [1.807, 2.05) is 47.4 Å². The van der Waals surface area contributed by atoms with Crippen LogP contribution in [0.5, 0.6) is 17.2 Å². The van der Waals surface area contributed by atoms with E-state index in [2.05, 4.69) is 11.8 Å². The van der Waals surface area contributed by atoms with Crippen LogP contribution in [0.1, 0.15) is 47.7 Å². The van der Waals surface area contributed by atoms with E-state index in [1.165, 1.54) is 21.3 Å². The van der Waals surface area contributed by atoms with Crippen LogP contribution in [0.4, 0.5) is 0 Å². The molecule has 0 aromatic heterocycles. The molecule has 3 aromatic carbocycles. The van der Waals surface area contributed by atoms with Crippen molar-refractivity contribution in [1.82, 2.24) is 15.3 Å². The lowest BCUT2D eigenvalue weighted by Crippen LogP contribution is -2.61. The summed E-state index contributed by atoms with van der Waals surface area (Å²) in [6.45, 7) is 4.21. The Balaban J connectivity index is 1.62. The highest BCUT2D eigenvalue weighted by atomic mass is 35.5. The molecule has 45 heavy (non-hydrogen) atoms. The molecule has 0 aliphatic carbocycles. The first kappa shape index (κ1) is 32.9. The van der Waals surface area contributed by atoms with E-state index in [1.54, 1.807) is 23.7 Å². The molecule has 0 saturated carbocycles. The monoisotopic (exact) mass is 654 g/mol.